The molecule has 1 atom stereocenters. The van der Waals surface area contributed by atoms with Gasteiger partial charge in [0, 0.05) is 31.1 Å². The van der Waals surface area contributed by atoms with Gasteiger partial charge in [-0.3, -0.25) is 14.4 Å². The molecular formula is C23H33N3O3. The van der Waals surface area contributed by atoms with Gasteiger partial charge in [-0.15, -0.1) is 0 Å². The molecule has 0 aromatic heterocycles. The first-order chi connectivity index (χ1) is 14.1. The molecule has 1 saturated heterocycles. The van der Waals surface area contributed by atoms with Gasteiger partial charge in [0.05, 0.1) is 0 Å². The van der Waals surface area contributed by atoms with Gasteiger partial charge in [0.1, 0.15) is 6.04 Å². The van der Waals surface area contributed by atoms with Crippen molar-refractivity contribution in [1.82, 2.24) is 15.5 Å². The van der Waals surface area contributed by atoms with Crippen molar-refractivity contribution in [2.75, 3.05) is 19.6 Å². The first-order valence-corrected chi connectivity index (χ1v) is 11.0. The van der Waals surface area contributed by atoms with E-state index in [4.69, 9.17) is 0 Å². The lowest BCUT2D eigenvalue weighted by Gasteiger charge is -2.36. The molecule has 0 bridgehead atoms. The molecule has 1 aromatic carbocycles. The highest BCUT2D eigenvalue weighted by Gasteiger charge is 2.35. The largest absolute Gasteiger partial charge is 0.354 e. The van der Waals surface area contributed by atoms with E-state index in [1.54, 1.807) is 12.1 Å². The molecule has 3 rings (SSSR count). The zero-order valence-electron chi connectivity index (χ0n) is 17.4. The molecule has 158 valence electrons. The number of nitrogens with zero attached hydrogens (tertiary/aromatic N) is 1. The second kappa shape index (κ2) is 10.4. The molecule has 6 nitrogen and oxygen atoms in total. The second-order valence-electron chi connectivity index (χ2n) is 8.25. The van der Waals surface area contributed by atoms with Crippen LogP contribution < -0.4 is 10.6 Å². The van der Waals surface area contributed by atoms with Gasteiger partial charge in [-0.05, 0) is 50.2 Å². The maximum absolute atomic E-state index is 12.8. The monoisotopic (exact) mass is 399 g/mol. The molecule has 29 heavy (non-hydrogen) atoms. The fourth-order valence-corrected chi connectivity index (χ4v) is 4.45. The molecule has 1 aliphatic carbocycles. The van der Waals surface area contributed by atoms with Gasteiger partial charge in [-0.2, -0.15) is 0 Å². The highest BCUT2D eigenvalue weighted by molar-refractivity contribution is 5.97. The Morgan fingerprint density at radius 2 is 1.69 bits per heavy atom. The van der Waals surface area contributed by atoms with Crippen molar-refractivity contribution in [3.63, 3.8) is 0 Å². The minimum absolute atomic E-state index is 0.0344. The summed E-state index contributed by atoms with van der Waals surface area (Å²) in [6.07, 6.45) is 6.63. The van der Waals surface area contributed by atoms with E-state index >= 15 is 0 Å². The SMILES string of the molecule is CCCNC(=O)C(NC(=O)c1ccccc1)C1CCN(C(=O)C2CCCC2)CC1. The highest BCUT2D eigenvalue weighted by Crippen LogP contribution is 2.29. The van der Waals surface area contributed by atoms with E-state index in [1.807, 2.05) is 30.0 Å². The average molecular weight is 400 g/mol. The number of likely N-dealkylation sites (tertiary alicyclic amines) is 1. The Labute approximate surface area is 173 Å². The summed E-state index contributed by atoms with van der Waals surface area (Å²) >= 11 is 0. The van der Waals surface area contributed by atoms with Crippen LogP contribution in [0, 0.1) is 11.8 Å². The third-order valence-electron chi connectivity index (χ3n) is 6.18. The zero-order valence-corrected chi connectivity index (χ0v) is 17.4. The molecular weight excluding hydrogens is 366 g/mol. The van der Waals surface area contributed by atoms with Crippen molar-refractivity contribution in [3.8, 4) is 0 Å². The lowest BCUT2D eigenvalue weighted by atomic mass is 9.87. The number of benzene rings is 1. The predicted molar refractivity (Wildman–Crippen MR) is 112 cm³/mol. The van der Waals surface area contributed by atoms with Crippen LogP contribution in [0.15, 0.2) is 30.3 Å². The normalized spacial score (nSPS) is 19.0. The molecule has 3 amide bonds. The molecule has 1 heterocycles. The molecule has 1 unspecified atom stereocenters. The predicted octanol–water partition coefficient (Wildman–Crippen LogP) is 2.74. The standard InChI is InChI=1S/C23H33N3O3/c1-2-14-24-22(28)20(25-21(27)18-8-4-3-5-9-18)17-12-15-26(16-13-17)23(29)19-10-6-7-11-19/h3-5,8-9,17,19-20H,2,6-7,10-16H2,1H3,(H,24,28)(H,25,27). The summed E-state index contributed by atoms with van der Waals surface area (Å²) in [7, 11) is 0. The van der Waals surface area contributed by atoms with Crippen molar-refractivity contribution in [2.45, 2.75) is 57.9 Å². The Balaban J connectivity index is 1.62. The zero-order chi connectivity index (χ0) is 20.6. The molecule has 2 fully saturated rings. The Morgan fingerprint density at radius 3 is 2.31 bits per heavy atom. The fraction of sp³-hybridized carbons (Fsp3) is 0.609. The van der Waals surface area contributed by atoms with Crippen LogP contribution in [-0.2, 0) is 9.59 Å². The van der Waals surface area contributed by atoms with E-state index in [2.05, 4.69) is 10.6 Å². The number of rotatable bonds is 7. The molecule has 0 radical (unpaired) electrons. The molecule has 1 aliphatic heterocycles. The first-order valence-electron chi connectivity index (χ1n) is 11.0. The Hall–Kier alpha value is -2.37. The average Bonchev–Trinajstić information content (AvgIpc) is 3.31. The number of carbonyl (C=O) groups excluding carboxylic acids is 3. The van der Waals surface area contributed by atoms with Crippen LogP contribution in [0.1, 0.15) is 62.2 Å². The van der Waals surface area contributed by atoms with Crippen LogP contribution in [0.3, 0.4) is 0 Å². The third-order valence-corrected chi connectivity index (χ3v) is 6.18. The third kappa shape index (κ3) is 5.58. The van der Waals surface area contributed by atoms with E-state index in [-0.39, 0.29) is 29.6 Å². The highest BCUT2D eigenvalue weighted by atomic mass is 16.2. The summed E-state index contributed by atoms with van der Waals surface area (Å²) in [5.74, 6) is 0.143. The van der Waals surface area contributed by atoms with Crippen LogP contribution >= 0.6 is 0 Å². The van der Waals surface area contributed by atoms with Crippen molar-refractivity contribution in [1.29, 1.82) is 0 Å². The van der Waals surface area contributed by atoms with Gasteiger partial charge in [-0.25, -0.2) is 0 Å². The number of carbonyl (C=O) groups is 3. The Kier molecular flexibility index (Phi) is 7.67. The van der Waals surface area contributed by atoms with Crippen molar-refractivity contribution >= 4 is 17.7 Å². The smallest absolute Gasteiger partial charge is 0.251 e. The summed E-state index contributed by atoms with van der Waals surface area (Å²) in [5, 5.41) is 5.89. The number of hydrogen-bond donors (Lipinski definition) is 2. The lowest BCUT2D eigenvalue weighted by Crippen LogP contribution is -2.54. The van der Waals surface area contributed by atoms with E-state index < -0.39 is 6.04 Å². The Morgan fingerprint density at radius 1 is 1.03 bits per heavy atom. The van der Waals surface area contributed by atoms with Gasteiger partial charge < -0.3 is 15.5 Å². The topological polar surface area (TPSA) is 78.5 Å². The summed E-state index contributed by atoms with van der Waals surface area (Å²) < 4.78 is 0. The molecule has 2 aliphatic rings. The first kappa shape index (κ1) is 21.3. The second-order valence-corrected chi connectivity index (χ2v) is 8.25. The molecule has 1 saturated carbocycles. The quantitative estimate of drug-likeness (QED) is 0.740. The van der Waals surface area contributed by atoms with Crippen LogP contribution in [0.2, 0.25) is 0 Å². The molecule has 6 heteroatoms. The number of nitrogens with one attached hydrogen (secondary N) is 2. The minimum Gasteiger partial charge on any atom is -0.354 e. The Bertz CT molecular complexity index is 693. The number of amides is 3. The molecule has 0 spiro atoms. The van der Waals surface area contributed by atoms with Gasteiger partial charge >= 0.3 is 0 Å². The minimum atomic E-state index is -0.571. The van der Waals surface area contributed by atoms with E-state index in [1.165, 1.54) is 0 Å². The lowest BCUT2D eigenvalue weighted by molar-refractivity contribution is -0.137. The molecule has 1 aromatic rings. The summed E-state index contributed by atoms with van der Waals surface area (Å²) in [6.45, 7) is 3.93. The van der Waals surface area contributed by atoms with Crippen molar-refractivity contribution in [3.05, 3.63) is 35.9 Å². The summed E-state index contributed by atoms with van der Waals surface area (Å²) in [5.41, 5.74) is 0.551. The van der Waals surface area contributed by atoms with Gasteiger partial charge in [0.25, 0.3) is 5.91 Å². The van der Waals surface area contributed by atoms with Gasteiger partial charge in [0.15, 0.2) is 0 Å². The number of piperidine rings is 1. The number of hydrogen-bond acceptors (Lipinski definition) is 3. The summed E-state index contributed by atoms with van der Waals surface area (Å²) in [4.78, 5) is 40.1. The van der Waals surface area contributed by atoms with Crippen LogP contribution in [0.25, 0.3) is 0 Å². The van der Waals surface area contributed by atoms with Crippen LogP contribution in [0.5, 0.6) is 0 Å². The van der Waals surface area contributed by atoms with Crippen molar-refractivity contribution < 1.29 is 14.4 Å². The van der Waals surface area contributed by atoms with Gasteiger partial charge in [0.2, 0.25) is 11.8 Å². The summed E-state index contributed by atoms with van der Waals surface area (Å²) in [6, 6.07) is 8.41. The van der Waals surface area contributed by atoms with E-state index in [0.29, 0.717) is 25.2 Å². The maximum Gasteiger partial charge on any atom is 0.251 e. The van der Waals surface area contributed by atoms with E-state index in [9.17, 15) is 14.4 Å². The van der Waals surface area contributed by atoms with E-state index in [0.717, 1.165) is 44.9 Å². The molecule has 2 N–H and O–H groups in total. The van der Waals surface area contributed by atoms with Crippen LogP contribution in [-0.4, -0.2) is 48.3 Å². The maximum atomic E-state index is 12.8. The van der Waals surface area contributed by atoms with Gasteiger partial charge in [-0.1, -0.05) is 38.0 Å². The van der Waals surface area contributed by atoms with Crippen molar-refractivity contribution in [2.24, 2.45) is 11.8 Å². The van der Waals surface area contributed by atoms with Crippen LogP contribution in [0.4, 0.5) is 0 Å². The fourth-order valence-electron chi connectivity index (χ4n) is 4.45.